The van der Waals surface area contributed by atoms with Gasteiger partial charge < -0.3 is 10.5 Å². The molecule has 2 aromatic rings. The lowest BCUT2D eigenvalue weighted by Crippen LogP contribution is -1.94. The van der Waals surface area contributed by atoms with Gasteiger partial charge in [0, 0.05) is 5.69 Å². The number of nitrogens with zero attached hydrogens (tertiary/aromatic N) is 1. The monoisotopic (exact) mass is 316 g/mol. The van der Waals surface area contributed by atoms with Crippen molar-refractivity contribution < 1.29 is 4.74 Å². The van der Waals surface area contributed by atoms with E-state index < -0.39 is 0 Å². The summed E-state index contributed by atoms with van der Waals surface area (Å²) in [6.07, 6.45) is 0. The van der Waals surface area contributed by atoms with Crippen molar-refractivity contribution in [1.29, 1.82) is 5.26 Å². The summed E-state index contributed by atoms with van der Waals surface area (Å²) in [6, 6.07) is 11.2. The van der Waals surface area contributed by atoms with E-state index in [1.54, 1.807) is 12.1 Å². The van der Waals surface area contributed by atoms with Crippen molar-refractivity contribution in [2.75, 3.05) is 5.73 Å². The minimum Gasteiger partial charge on any atom is -0.456 e. The van der Waals surface area contributed by atoms with Crippen LogP contribution in [0.25, 0.3) is 0 Å². The van der Waals surface area contributed by atoms with Gasteiger partial charge in [-0.25, -0.2) is 0 Å². The van der Waals surface area contributed by atoms with E-state index in [4.69, 9.17) is 15.7 Å². The Hall–Kier alpha value is -1.99. The topological polar surface area (TPSA) is 59.0 Å². The van der Waals surface area contributed by atoms with E-state index in [1.165, 1.54) is 0 Å². The van der Waals surface area contributed by atoms with Gasteiger partial charge in [-0.3, -0.25) is 0 Å². The van der Waals surface area contributed by atoms with Gasteiger partial charge in [-0.15, -0.1) is 0 Å². The quantitative estimate of drug-likeness (QED) is 0.840. The third-order valence-electron chi connectivity index (χ3n) is 2.86. The number of hydrogen-bond donors (Lipinski definition) is 1. The van der Waals surface area contributed by atoms with Gasteiger partial charge in [-0.1, -0.05) is 6.07 Å². The second-order valence-corrected chi connectivity index (χ2v) is 5.19. The van der Waals surface area contributed by atoms with Crippen LogP contribution in [0.5, 0.6) is 11.5 Å². The van der Waals surface area contributed by atoms with Gasteiger partial charge >= 0.3 is 0 Å². The molecule has 96 valence electrons. The lowest BCUT2D eigenvalue weighted by Gasteiger charge is -2.12. The van der Waals surface area contributed by atoms with E-state index in [-0.39, 0.29) is 0 Å². The first-order valence-electron chi connectivity index (χ1n) is 5.75. The minimum absolute atomic E-state index is 0.573. The molecule has 0 radical (unpaired) electrons. The highest BCUT2D eigenvalue weighted by atomic mass is 79.9. The predicted octanol–water partition coefficient (Wildman–Crippen LogP) is 4.31. The lowest BCUT2D eigenvalue weighted by atomic mass is 10.1. The Morgan fingerprint density at radius 1 is 1.11 bits per heavy atom. The summed E-state index contributed by atoms with van der Waals surface area (Å²) in [5.41, 5.74) is 9.04. The Bertz CT molecular complexity index is 675. The summed E-state index contributed by atoms with van der Waals surface area (Å²) in [5.74, 6) is 1.36. The van der Waals surface area contributed by atoms with E-state index in [0.29, 0.717) is 22.7 Å². The van der Waals surface area contributed by atoms with E-state index in [1.807, 2.05) is 32.0 Å². The van der Waals surface area contributed by atoms with Gasteiger partial charge in [0.2, 0.25) is 0 Å². The van der Waals surface area contributed by atoms with Crippen LogP contribution in [0.15, 0.2) is 34.8 Å². The Balaban J connectivity index is 2.42. The van der Waals surface area contributed by atoms with Crippen LogP contribution in [0.4, 0.5) is 5.69 Å². The first-order valence-corrected chi connectivity index (χ1v) is 6.55. The molecule has 19 heavy (non-hydrogen) atoms. The van der Waals surface area contributed by atoms with Crippen LogP contribution < -0.4 is 10.5 Å². The molecule has 0 bridgehead atoms. The van der Waals surface area contributed by atoms with Crippen molar-refractivity contribution in [2.24, 2.45) is 0 Å². The number of nitrogens with two attached hydrogens (primary N) is 1. The summed E-state index contributed by atoms with van der Waals surface area (Å²) in [6.45, 7) is 3.86. The number of anilines is 1. The Kier molecular flexibility index (Phi) is 3.77. The third-order valence-corrected chi connectivity index (χ3v) is 3.48. The molecule has 0 aliphatic rings. The molecule has 0 amide bonds. The van der Waals surface area contributed by atoms with Crippen LogP contribution in [-0.2, 0) is 0 Å². The van der Waals surface area contributed by atoms with Gasteiger partial charge in [0.05, 0.1) is 16.1 Å². The number of hydrogen-bond acceptors (Lipinski definition) is 3. The number of nitriles is 1. The van der Waals surface area contributed by atoms with Gasteiger partial charge in [0.15, 0.2) is 0 Å². The maximum Gasteiger partial charge on any atom is 0.142 e. The number of halogens is 1. The van der Waals surface area contributed by atoms with Crippen molar-refractivity contribution >= 4 is 21.6 Å². The third kappa shape index (κ3) is 2.88. The van der Waals surface area contributed by atoms with Gasteiger partial charge in [0.1, 0.15) is 11.5 Å². The van der Waals surface area contributed by atoms with Crippen molar-refractivity contribution in [2.45, 2.75) is 13.8 Å². The second-order valence-electron chi connectivity index (χ2n) is 4.33. The van der Waals surface area contributed by atoms with Crippen molar-refractivity contribution in [3.8, 4) is 17.6 Å². The summed E-state index contributed by atoms with van der Waals surface area (Å²) >= 11 is 3.43. The molecule has 3 nitrogen and oxygen atoms in total. The van der Waals surface area contributed by atoms with Crippen LogP contribution in [0.3, 0.4) is 0 Å². The summed E-state index contributed by atoms with van der Waals surface area (Å²) in [7, 11) is 0. The Morgan fingerprint density at radius 3 is 2.53 bits per heavy atom. The van der Waals surface area contributed by atoms with Gasteiger partial charge in [-0.05, 0) is 65.2 Å². The normalized spacial score (nSPS) is 10.0. The van der Waals surface area contributed by atoms with E-state index in [9.17, 15) is 0 Å². The summed E-state index contributed by atoms with van der Waals surface area (Å²) in [5, 5.41) is 8.92. The highest BCUT2D eigenvalue weighted by Gasteiger charge is 2.08. The van der Waals surface area contributed by atoms with Gasteiger partial charge in [0.25, 0.3) is 0 Å². The molecular weight excluding hydrogens is 304 g/mol. The fourth-order valence-corrected chi connectivity index (χ4v) is 2.09. The zero-order valence-electron chi connectivity index (χ0n) is 10.7. The molecule has 0 unspecified atom stereocenters. The van der Waals surface area contributed by atoms with E-state index in [0.717, 1.165) is 15.6 Å². The SMILES string of the molecule is Cc1cc(Oc2cc(C#N)ccc2C)c(Br)cc1N. The highest BCUT2D eigenvalue weighted by Crippen LogP contribution is 2.34. The van der Waals surface area contributed by atoms with E-state index in [2.05, 4.69) is 22.0 Å². The fraction of sp³-hybridized carbons (Fsp3) is 0.133. The first-order chi connectivity index (χ1) is 9.01. The van der Waals surface area contributed by atoms with Crippen LogP contribution in [0.1, 0.15) is 16.7 Å². The minimum atomic E-state index is 0.573. The maximum absolute atomic E-state index is 8.92. The molecule has 2 aromatic carbocycles. The molecule has 0 heterocycles. The molecule has 2 rings (SSSR count). The van der Waals surface area contributed by atoms with Crippen molar-refractivity contribution in [1.82, 2.24) is 0 Å². The van der Waals surface area contributed by atoms with Gasteiger partial charge in [-0.2, -0.15) is 5.26 Å². The molecule has 0 aliphatic carbocycles. The molecule has 0 atom stereocenters. The molecule has 2 N–H and O–H groups in total. The van der Waals surface area contributed by atoms with Crippen LogP contribution in [-0.4, -0.2) is 0 Å². The van der Waals surface area contributed by atoms with Crippen molar-refractivity contribution in [3.63, 3.8) is 0 Å². The average Bonchev–Trinajstić information content (AvgIpc) is 2.38. The number of aryl methyl sites for hydroxylation is 2. The highest BCUT2D eigenvalue weighted by molar-refractivity contribution is 9.10. The number of nitrogen functional groups attached to an aromatic ring is 1. The standard InChI is InChI=1S/C15H13BrN2O/c1-9-3-4-11(8-17)6-14(9)19-15-5-10(2)13(18)7-12(15)16/h3-7H,18H2,1-2H3. The maximum atomic E-state index is 8.92. The molecule has 4 heteroatoms. The average molecular weight is 317 g/mol. The molecule has 0 fully saturated rings. The second kappa shape index (κ2) is 5.33. The van der Waals surface area contributed by atoms with Crippen LogP contribution >= 0.6 is 15.9 Å². The molecule has 0 aromatic heterocycles. The number of rotatable bonds is 2. The Labute approximate surface area is 120 Å². The zero-order chi connectivity index (χ0) is 14.0. The summed E-state index contributed by atoms with van der Waals surface area (Å²) < 4.78 is 6.65. The lowest BCUT2D eigenvalue weighted by molar-refractivity contribution is 0.475. The fourth-order valence-electron chi connectivity index (χ4n) is 1.65. The van der Waals surface area contributed by atoms with Crippen LogP contribution in [0, 0.1) is 25.2 Å². The Morgan fingerprint density at radius 2 is 1.84 bits per heavy atom. The van der Waals surface area contributed by atoms with E-state index >= 15 is 0 Å². The zero-order valence-corrected chi connectivity index (χ0v) is 12.3. The molecule has 0 aliphatic heterocycles. The largest absolute Gasteiger partial charge is 0.456 e. The summed E-state index contributed by atoms with van der Waals surface area (Å²) in [4.78, 5) is 0. The molecule has 0 saturated carbocycles. The smallest absolute Gasteiger partial charge is 0.142 e. The van der Waals surface area contributed by atoms with Crippen LogP contribution in [0.2, 0.25) is 0 Å². The first kappa shape index (κ1) is 13.4. The van der Waals surface area contributed by atoms with Crippen molar-refractivity contribution in [3.05, 3.63) is 51.5 Å². The molecular formula is C15H13BrN2O. The predicted molar refractivity (Wildman–Crippen MR) is 79.3 cm³/mol. The molecule has 0 saturated heterocycles. The number of benzene rings is 2. The molecule has 0 spiro atoms. The number of ether oxygens (including phenoxy) is 1.